The third-order valence-electron chi connectivity index (χ3n) is 3.22. The fourth-order valence-corrected chi connectivity index (χ4v) is 3.58. The van der Waals surface area contributed by atoms with Crippen LogP contribution in [-0.2, 0) is 10.0 Å². The van der Waals surface area contributed by atoms with Crippen LogP contribution in [0.15, 0.2) is 29.2 Å². The van der Waals surface area contributed by atoms with Gasteiger partial charge >= 0.3 is 0 Å². The van der Waals surface area contributed by atoms with Crippen LogP contribution in [-0.4, -0.2) is 27.5 Å². The number of sulfonamides is 1. The summed E-state index contributed by atoms with van der Waals surface area (Å²) in [5.74, 6) is 0.292. The predicted octanol–water partition coefficient (Wildman–Crippen LogP) is 2.04. The summed E-state index contributed by atoms with van der Waals surface area (Å²) in [5.41, 5.74) is 0. The van der Waals surface area contributed by atoms with Crippen LogP contribution in [0.1, 0.15) is 13.3 Å². The van der Waals surface area contributed by atoms with Crippen molar-refractivity contribution in [2.24, 2.45) is 5.92 Å². The summed E-state index contributed by atoms with van der Waals surface area (Å²) in [5, 5.41) is 3.78. The van der Waals surface area contributed by atoms with Crippen molar-refractivity contribution in [2.75, 3.05) is 13.1 Å². The standard InChI is InChI=1S/C12H17ClN2O2S.ClH/c1-9-8-14-7-6-12(9)15-18(16,17)11-4-2-10(13)3-5-11;/h2-5,9,12,14-15H,6-8H2,1H3;1H. The average Bonchev–Trinajstić information content (AvgIpc) is 2.32. The van der Waals surface area contributed by atoms with Crippen molar-refractivity contribution in [2.45, 2.75) is 24.3 Å². The van der Waals surface area contributed by atoms with Crippen LogP contribution in [0, 0.1) is 5.92 Å². The maximum atomic E-state index is 12.2. The van der Waals surface area contributed by atoms with Gasteiger partial charge in [0.15, 0.2) is 0 Å². The number of benzene rings is 1. The van der Waals surface area contributed by atoms with E-state index in [2.05, 4.69) is 10.0 Å². The molecular formula is C12H18Cl2N2O2S. The summed E-state index contributed by atoms with van der Waals surface area (Å²) in [6.45, 7) is 3.73. The van der Waals surface area contributed by atoms with E-state index in [4.69, 9.17) is 11.6 Å². The average molecular weight is 325 g/mol. The van der Waals surface area contributed by atoms with E-state index in [-0.39, 0.29) is 23.3 Å². The maximum Gasteiger partial charge on any atom is 0.240 e. The second-order valence-corrected chi connectivity index (χ2v) is 6.80. The zero-order chi connectivity index (χ0) is 13.2. The maximum absolute atomic E-state index is 12.2. The van der Waals surface area contributed by atoms with Gasteiger partial charge in [0.25, 0.3) is 0 Å². The van der Waals surface area contributed by atoms with Gasteiger partial charge in [-0.25, -0.2) is 13.1 Å². The van der Waals surface area contributed by atoms with E-state index < -0.39 is 10.0 Å². The van der Waals surface area contributed by atoms with Crippen molar-refractivity contribution < 1.29 is 8.42 Å². The number of piperidine rings is 1. The van der Waals surface area contributed by atoms with Crippen LogP contribution in [0.4, 0.5) is 0 Å². The Hall–Kier alpha value is -0.330. The molecule has 0 saturated carbocycles. The number of halogens is 2. The molecule has 1 aromatic carbocycles. The second kappa shape index (κ2) is 6.90. The van der Waals surface area contributed by atoms with Gasteiger partial charge in [0.1, 0.15) is 0 Å². The molecule has 1 saturated heterocycles. The van der Waals surface area contributed by atoms with Gasteiger partial charge in [-0.15, -0.1) is 12.4 Å². The molecule has 2 rings (SSSR count). The summed E-state index contributed by atoms with van der Waals surface area (Å²) in [7, 11) is -3.45. The number of hydrogen-bond donors (Lipinski definition) is 2. The third-order valence-corrected chi connectivity index (χ3v) is 4.97. The van der Waals surface area contributed by atoms with Crippen LogP contribution >= 0.6 is 24.0 Å². The Morgan fingerprint density at radius 1 is 1.32 bits per heavy atom. The minimum Gasteiger partial charge on any atom is -0.316 e. The van der Waals surface area contributed by atoms with Crippen molar-refractivity contribution in [1.82, 2.24) is 10.0 Å². The molecule has 1 aromatic rings. The monoisotopic (exact) mass is 324 g/mol. The normalized spacial score (nSPS) is 23.7. The van der Waals surface area contributed by atoms with Gasteiger partial charge in [0, 0.05) is 11.1 Å². The smallest absolute Gasteiger partial charge is 0.240 e. The number of rotatable bonds is 3. The van der Waals surface area contributed by atoms with Crippen LogP contribution < -0.4 is 10.0 Å². The Morgan fingerprint density at radius 3 is 2.53 bits per heavy atom. The zero-order valence-electron chi connectivity index (χ0n) is 10.6. The predicted molar refractivity (Wildman–Crippen MR) is 79.5 cm³/mol. The Bertz CT molecular complexity index is 505. The topological polar surface area (TPSA) is 58.2 Å². The summed E-state index contributed by atoms with van der Waals surface area (Å²) < 4.78 is 27.1. The Kier molecular flexibility index (Phi) is 6.08. The summed E-state index contributed by atoms with van der Waals surface area (Å²) in [6, 6.07) is 6.21. The minimum atomic E-state index is -3.45. The molecule has 2 N–H and O–H groups in total. The van der Waals surface area contributed by atoms with Crippen molar-refractivity contribution in [3.05, 3.63) is 29.3 Å². The number of nitrogens with one attached hydrogen (secondary N) is 2. The third kappa shape index (κ3) is 4.33. The molecule has 0 radical (unpaired) electrons. The summed E-state index contributed by atoms with van der Waals surface area (Å²) >= 11 is 5.75. The van der Waals surface area contributed by atoms with Gasteiger partial charge in [-0.05, 0) is 49.7 Å². The van der Waals surface area contributed by atoms with Crippen LogP contribution in [0.5, 0.6) is 0 Å². The van der Waals surface area contributed by atoms with Gasteiger partial charge in [0.2, 0.25) is 10.0 Å². The first-order valence-corrected chi connectivity index (χ1v) is 7.84. The molecule has 108 valence electrons. The summed E-state index contributed by atoms with van der Waals surface area (Å²) in [6.07, 6.45) is 0.813. The summed E-state index contributed by atoms with van der Waals surface area (Å²) in [4.78, 5) is 0.262. The zero-order valence-corrected chi connectivity index (χ0v) is 13.0. The molecular weight excluding hydrogens is 307 g/mol. The van der Waals surface area contributed by atoms with Gasteiger partial charge in [-0.3, -0.25) is 0 Å². The van der Waals surface area contributed by atoms with Gasteiger partial charge < -0.3 is 5.32 Å². The van der Waals surface area contributed by atoms with Crippen molar-refractivity contribution in [3.63, 3.8) is 0 Å². The fraction of sp³-hybridized carbons (Fsp3) is 0.500. The highest BCUT2D eigenvalue weighted by atomic mass is 35.5. The number of hydrogen-bond acceptors (Lipinski definition) is 3. The highest BCUT2D eigenvalue weighted by molar-refractivity contribution is 7.89. The molecule has 19 heavy (non-hydrogen) atoms. The van der Waals surface area contributed by atoms with Crippen molar-refractivity contribution in [3.8, 4) is 0 Å². The first kappa shape index (κ1) is 16.7. The van der Waals surface area contributed by atoms with Crippen molar-refractivity contribution in [1.29, 1.82) is 0 Å². The van der Waals surface area contributed by atoms with Crippen molar-refractivity contribution >= 4 is 34.0 Å². The molecule has 2 unspecified atom stereocenters. The minimum absolute atomic E-state index is 0. The Morgan fingerprint density at radius 2 is 1.95 bits per heavy atom. The Labute approximate surface area is 125 Å². The largest absolute Gasteiger partial charge is 0.316 e. The molecule has 1 aliphatic rings. The molecule has 0 bridgehead atoms. The van der Waals surface area contributed by atoms with Gasteiger partial charge in [0.05, 0.1) is 4.90 Å². The second-order valence-electron chi connectivity index (χ2n) is 4.65. The quantitative estimate of drug-likeness (QED) is 0.894. The lowest BCUT2D eigenvalue weighted by atomic mass is 9.97. The molecule has 0 amide bonds. The Balaban J connectivity index is 0.00000180. The van der Waals surface area contributed by atoms with E-state index in [1.165, 1.54) is 12.1 Å². The van der Waals surface area contributed by atoms with E-state index in [1.807, 2.05) is 6.92 Å². The van der Waals surface area contributed by atoms with Crippen LogP contribution in [0.3, 0.4) is 0 Å². The van der Waals surface area contributed by atoms with Gasteiger partial charge in [-0.2, -0.15) is 0 Å². The molecule has 0 spiro atoms. The molecule has 7 heteroatoms. The molecule has 2 atom stereocenters. The van der Waals surface area contributed by atoms with E-state index in [0.717, 1.165) is 19.5 Å². The van der Waals surface area contributed by atoms with Crippen LogP contribution in [0.2, 0.25) is 5.02 Å². The lowest BCUT2D eigenvalue weighted by molar-refractivity contribution is 0.328. The fourth-order valence-electron chi connectivity index (χ4n) is 2.07. The lowest BCUT2D eigenvalue weighted by Crippen LogP contribution is -2.48. The lowest BCUT2D eigenvalue weighted by Gasteiger charge is -2.29. The van der Waals surface area contributed by atoms with E-state index >= 15 is 0 Å². The molecule has 0 aromatic heterocycles. The molecule has 4 nitrogen and oxygen atoms in total. The van der Waals surface area contributed by atoms with E-state index in [0.29, 0.717) is 10.9 Å². The highest BCUT2D eigenvalue weighted by Gasteiger charge is 2.26. The molecule has 0 aliphatic carbocycles. The molecule has 1 heterocycles. The van der Waals surface area contributed by atoms with E-state index in [9.17, 15) is 8.42 Å². The first-order chi connectivity index (χ1) is 8.49. The van der Waals surface area contributed by atoms with Crippen LogP contribution in [0.25, 0.3) is 0 Å². The molecule has 1 aliphatic heterocycles. The van der Waals surface area contributed by atoms with Gasteiger partial charge in [-0.1, -0.05) is 18.5 Å². The molecule has 1 fully saturated rings. The SMILES string of the molecule is CC1CNCCC1NS(=O)(=O)c1ccc(Cl)cc1.Cl. The highest BCUT2D eigenvalue weighted by Crippen LogP contribution is 2.17. The first-order valence-electron chi connectivity index (χ1n) is 5.97. The van der Waals surface area contributed by atoms with E-state index in [1.54, 1.807) is 12.1 Å².